The van der Waals surface area contributed by atoms with E-state index in [-0.39, 0.29) is 6.42 Å². The van der Waals surface area contributed by atoms with Crippen LogP contribution in [0, 0.1) is 6.92 Å². The number of hydrogen-bond donors (Lipinski definition) is 1. The van der Waals surface area contributed by atoms with Gasteiger partial charge >= 0.3 is 5.97 Å². The highest BCUT2D eigenvalue weighted by Gasteiger charge is 2.21. The topological polar surface area (TPSA) is 43.8 Å². The van der Waals surface area contributed by atoms with Crippen LogP contribution >= 0.6 is 15.9 Å². The summed E-state index contributed by atoms with van der Waals surface area (Å²) in [6, 6.07) is 4.25. The molecule has 19 heavy (non-hydrogen) atoms. The van der Waals surface area contributed by atoms with Crippen LogP contribution in [0.1, 0.15) is 18.4 Å². The fraction of sp³-hybridized carbons (Fsp3) is 0.500. The lowest BCUT2D eigenvalue weighted by atomic mass is 10.1. The smallest absolute Gasteiger partial charge is 0.305 e. The van der Waals surface area contributed by atoms with Crippen molar-refractivity contribution < 1.29 is 9.90 Å². The van der Waals surface area contributed by atoms with Gasteiger partial charge in [0.2, 0.25) is 0 Å². The van der Waals surface area contributed by atoms with Gasteiger partial charge in [0.05, 0.1) is 17.8 Å². The second-order valence-corrected chi connectivity index (χ2v) is 5.87. The average molecular weight is 327 g/mol. The van der Waals surface area contributed by atoms with E-state index in [0.29, 0.717) is 6.54 Å². The Balaban J connectivity index is 2.38. The van der Waals surface area contributed by atoms with Crippen LogP contribution in [0.4, 0.5) is 11.4 Å². The highest BCUT2D eigenvalue weighted by atomic mass is 79.9. The van der Waals surface area contributed by atoms with Gasteiger partial charge in [-0.1, -0.05) is 0 Å². The van der Waals surface area contributed by atoms with Crippen LogP contribution in [-0.4, -0.2) is 37.8 Å². The predicted molar refractivity (Wildman–Crippen MR) is 81.2 cm³/mol. The molecule has 0 unspecified atom stereocenters. The molecular weight excluding hydrogens is 308 g/mol. The van der Waals surface area contributed by atoms with Gasteiger partial charge < -0.3 is 14.9 Å². The molecule has 0 amide bonds. The van der Waals surface area contributed by atoms with Gasteiger partial charge in [-0.3, -0.25) is 4.79 Å². The normalized spacial score (nSPS) is 15.1. The Kier molecular flexibility index (Phi) is 4.34. The lowest BCUT2D eigenvalue weighted by Crippen LogP contribution is -2.27. The van der Waals surface area contributed by atoms with Crippen LogP contribution in [-0.2, 0) is 4.79 Å². The van der Waals surface area contributed by atoms with Crippen molar-refractivity contribution in [2.24, 2.45) is 0 Å². The van der Waals surface area contributed by atoms with Gasteiger partial charge in [-0.2, -0.15) is 0 Å². The number of halogens is 1. The van der Waals surface area contributed by atoms with E-state index in [0.717, 1.165) is 29.7 Å². The lowest BCUT2D eigenvalue weighted by Gasteiger charge is -2.27. The Labute approximate surface area is 122 Å². The molecule has 0 radical (unpaired) electrons. The largest absolute Gasteiger partial charge is 0.481 e. The Bertz CT molecular complexity index is 491. The molecule has 104 valence electrons. The maximum absolute atomic E-state index is 10.8. The molecule has 2 rings (SSSR count). The maximum Gasteiger partial charge on any atom is 0.305 e. The number of aliphatic carboxylic acids is 1. The number of carboxylic acids is 1. The predicted octanol–water partition coefficient (Wildman–Crippen LogP) is 2.88. The van der Waals surface area contributed by atoms with Gasteiger partial charge in [0.25, 0.3) is 0 Å². The number of hydrogen-bond acceptors (Lipinski definition) is 3. The Morgan fingerprint density at radius 2 is 2.16 bits per heavy atom. The second-order valence-electron chi connectivity index (χ2n) is 5.02. The van der Waals surface area contributed by atoms with Crippen molar-refractivity contribution in [1.82, 2.24) is 0 Å². The minimum atomic E-state index is -0.748. The zero-order valence-electron chi connectivity index (χ0n) is 11.3. The SMILES string of the molecule is Cc1cc(Br)c2c(c1)N(C)CCCN2CCC(=O)O. The third-order valence-electron chi connectivity index (χ3n) is 3.43. The molecule has 1 aromatic carbocycles. The van der Waals surface area contributed by atoms with Crippen molar-refractivity contribution in [2.75, 3.05) is 36.5 Å². The molecule has 0 fully saturated rings. The van der Waals surface area contributed by atoms with Crippen LogP contribution in [0.5, 0.6) is 0 Å². The third kappa shape index (κ3) is 3.21. The van der Waals surface area contributed by atoms with Crippen LogP contribution in [0.3, 0.4) is 0 Å². The Hall–Kier alpha value is -1.23. The highest BCUT2D eigenvalue weighted by Crippen LogP contribution is 2.39. The first kappa shape index (κ1) is 14.2. The fourth-order valence-corrected chi connectivity index (χ4v) is 3.32. The summed E-state index contributed by atoms with van der Waals surface area (Å²) >= 11 is 3.63. The van der Waals surface area contributed by atoms with Gasteiger partial charge in [0.1, 0.15) is 0 Å². The van der Waals surface area contributed by atoms with Crippen LogP contribution in [0.25, 0.3) is 0 Å². The van der Waals surface area contributed by atoms with Crippen molar-refractivity contribution in [1.29, 1.82) is 0 Å². The van der Waals surface area contributed by atoms with Crippen LogP contribution < -0.4 is 9.80 Å². The van der Waals surface area contributed by atoms with E-state index in [1.807, 2.05) is 0 Å². The van der Waals surface area contributed by atoms with E-state index in [2.05, 4.69) is 51.8 Å². The lowest BCUT2D eigenvalue weighted by molar-refractivity contribution is -0.136. The van der Waals surface area contributed by atoms with Gasteiger partial charge in [-0.25, -0.2) is 0 Å². The van der Waals surface area contributed by atoms with Crippen molar-refractivity contribution in [3.8, 4) is 0 Å². The molecule has 4 nitrogen and oxygen atoms in total. The Morgan fingerprint density at radius 3 is 2.84 bits per heavy atom. The number of aryl methyl sites for hydroxylation is 1. The molecule has 0 saturated carbocycles. The minimum absolute atomic E-state index is 0.170. The van der Waals surface area contributed by atoms with E-state index < -0.39 is 5.97 Å². The first-order valence-corrected chi connectivity index (χ1v) is 7.26. The van der Waals surface area contributed by atoms with Crippen molar-refractivity contribution in [3.63, 3.8) is 0 Å². The summed E-state index contributed by atoms with van der Waals surface area (Å²) in [5.74, 6) is -0.748. The van der Waals surface area contributed by atoms with Crippen LogP contribution in [0.15, 0.2) is 16.6 Å². The molecule has 0 atom stereocenters. The quantitative estimate of drug-likeness (QED) is 0.927. The number of fused-ring (bicyclic) bond motifs is 1. The molecule has 0 saturated heterocycles. The summed E-state index contributed by atoms with van der Waals surface area (Å²) in [5.41, 5.74) is 3.50. The van der Waals surface area contributed by atoms with Gasteiger partial charge in [0.15, 0.2) is 0 Å². The molecule has 1 aliphatic heterocycles. The summed E-state index contributed by atoms with van der Waals surface area (Å²) in [5, 5.41) is 8.88. The summed E-state index contributed by atoms with van der Waals surface area (Å²) in [6.07, 6.45) is 1.21. The zero-order valence-corrected chi connectivity index (χ0v) is 12.9. The van der Waals surface area contributed by atoms with Crippen molar-refractivity contribution in [3.05, 3.63) is 22.2 Å². The maximum atomic E-state index is 10.8. The van der Waals surface area contributed by atoms with Gasteiger partial charge in [0, 0.05) is 31.2 Å². The number of rotatable bonds is 3. The Morgan fingerprint density at radius 1 is 1.42 bits per heavy atom. The molecule has 0 spiro atoms. The first-order valence-electron chi connectivity index (χ1n) is 6.47. The van der Waals surface area contributed by atoms with Gasteiger partial charge in [-0.15, -0.1) is 0 Å². The molecule has 1 aliphatic rings. The molecular formula is C14H19BrN2O2. The summed E-state index contributed by atoms with van der Waals surface area (Å²) in [7, 11) is 2.09. The summed E-state index contributed by atoms with van der Waals surface area (Å²) in [4.78, 5) is 15.2. The zero-order chi connectivity index (χ0) is 14.0. The number of nitrogens with zero attached hydrogens (tertiary/aromatic N) is 2. The molecule has 1 N–H and O–H groups in total. The molecule has 1 aromatic rings. The van der Waals surface area contributed by atoms with E-state index in [9.17, 15) is 4.79 Å². The molecule has 1 heterocycles. The van der Waals surface area contributed by atoms with Crippen molar-refractivity contribution in [2.45, 2.75) is 19.8 Å². The first-order chi connectivity index (χ1) is 8.99. The third-order valence-corrected chi connectivity index (χ3v) is 4.04. The molecule has 0 bridgehead atoms. The number of carboxylic acid groups (broad SMARTS) is 1. The van der Waals surface area contributed by atoms with Crippen LogP contribution in [0.2, 0.25) is 0 Å². The monoisotopic (exact) mass is 326 g/mol. The average Bonchev–Trinajstić information content (AvgIpc) is 2.47. The standard InChI is InChI=1S/C14H19BrN2O2/c1-10-8-11(15)14-12(9-10)16(2)5-3-6-17(14)7-4-13(18)19/h8-9H,3-7H2,1-2H3,(H,18,19). The highest BCUT2D eigenvalue weighted by molar-refractivity contribution is 9.10. The van der Waals surface area contributed by atoms with E-state index in [1.54, 1.807) is 0 Å². The molecule has 0 aliphatic carbocycles. The van der Waals surface area contributed by atoms with Crippen molar-refractivity contribution >= 4 is 33.3 Å². The molecule has 0 aromatic heterocycles. The second kappa shape index (κ2) is 5.82. The summed E-state index contributed by atoms with van der Waals surface area (Å²) in [6.45, 7) is 4.52. The van der Waals surface area contributed by atoms with Gasteiger partial charge in [-0.05, 0) is 47.0 Å². The minimum Gasteiger partial charge on any atom is -0.481 e. The molecule has 5 heteroatoms. The number of carbonyl (C=O) groups is 1. The number of anilines is 2. The fourth-order valence-electron chi connectivity index (χ4n) is 2.51. The van der Waals surface area contributed by atoms with E-state index in [1.165, 1.54) is 11.3 Å². The number of benzene rings is 1. The summed E-state index contributed by atoms with van der Waals surface area (Å²) < 4.78 is 1.04. The van der Waals surface area contributed by atoms with E-state index in [4.69, 9.17) is 5.11 Å². The van der Waals surface area contributed by atoms with E-state index >= 15 is 0 Å².